The lowest BCUT2D eigenvalue weighted by atomic mass is 10.2. The average molecular weight is 304 g/mol. The number of thiophene rings is 1. The molecule has 0 fully saturated rings. The lowest BCUT2D eigenvalue weighted by Gasteiger charge is -2.00. The highest BCUT2D eigenvalue weighted by atomic mass is 32.1. The average Bonchev–Trinajstić information content (AvgIpc) is 2.77. The molecule has 2 aromatic rings. The van der Waals surface area contributed by atoms with Gasteiger partial charge < -0.3 is 11.1 Å². The van der Waals surface area contributed by atoms with Crippen molar-refractivity contribution in [2.75, 3.05) is 5.32 Å². The van der Waals surface area contributed by atoms with Gasteiger partial charge in [0.15, 0.2) is 0 Å². The maximum Gasteiger partial charge on any atom is 0.251 e. The predicted molar refractivity (Wildman–Crippen MR) is 81.6 cm³/mol. The Labute approximate surface area is 125 Å². The van der Waals surface area contributed by atoms with Crippen molar-refractivity contribution in [3.05, 3.63) is 58.2 Å². The number of benzene rings is 1. The molecule has 0 bridgehead atoms. The van der Waals surface area contributed by atoms with Crippen molar-refractivity contribution < 1.29 is 14.0 Å². The molecule has 108 valence electrons. The van der Waals surface area contributed by atoms with E-state index in [4.69, 9.17) is 5.73 Å². The van der Waals surface area contributed by atoms with E-state index in [1.165, 1.54) is 35.6 Å². The van der Waals surface area contributed by atoms with Crippen molar-refractivity contribution in [2.45, 2.75) is 6.92 Å². The van der Waals surface area contributed by atoms with Gasteiger partial charge in [-0.25, -0.2) is 4.39 Å². The van der Waals surface area contributed by atoms with E-state index >= 15 is 0 Å². The second-order valence-electron chi connectivity index (χ2n) is 4.34. The Balaban J connectivity index is 2.10. The molecule has 0 saturated heterocycles. The van der Waals surface area contributed by atoms with Gasteiger partial charge in [0.05, 0.1) is 5.56 Å². The van der Waals surface area contributed by atoms with Crippen molar-refractivity contribution in [1.29, 1.82) is 0 Å². The first-order chi connectivity index (χ1) is 9.95. The third-order valence-electron chi connectivity index (χ3n) is 2.63. The van der Waals surface area contributed by atoms with Crippen molar-refractivity contribution in [3.63, 3.8) is 0 Å². The minimum atomic E-state index is -0.594. The molecular formula is C15H13FN2O2S. The SMILES string of the molecule is Cc1cc(C(N)=O)c(NC(=O)/C=C/c2cccc(F)c2)s1. The van der Waals surface area contributed by atoms with Crippen LogP contribution in [-0.4, -0.2) is 11.8 Å². The summed E-state index contributed by atoms with van der Waals surface area (Å²) in [5, 5.41) is 3.01. The van der Waals surface area contributed by atoms with Crippen LogP contribution in [0.2, 0.25) is 0 Å². The van der Waals surface area contributed by atoms with Crippen molar-refractivity contribution in [2.24, 2.45) is 5.73 Å². The van der Waals surface area contributed by atoms with Crippen LogP contribution in [0.5, 0.6) is 0 Å². The molecule has 21 heavy (non-hydrogen) atoms. The maximum atomic E-state index is 13.0. The largest absolute Gasteiger partial charge is 0.366 e. The summed E-state index contributed by atoms with van der Waals surface area (Å²) in [6.07, 6.45) is 2.76. The molecule has 2 amide bonds. The summed E-state index contributed by atoms with van der Waals surface area (Å²) in [6.45, 7) is 1.81. The number of hydrogen-bond acceptors (Lipinski definition) is 3. The van der Waals surface area contributed by atoms with Gasteiger partial charge in [0.1, 0.15) is 10.8 Å². The Morgan fingerprint density at radius 2 is 2.10 bits per heavy atom. The van der Waals surface area contributed by atoms with Gasteiger partial charge in [-0.2, -0.15) is 0 Å². The fourth-order valence-corrected chi connectivity index (χ4v) is 2.65. The standard InChI is InChI=1S/C15H13FN2O2S/c1-9-7-12(14(17)20)15(21-9)18-13(19)6-5-10-3-2-4-11(16)8-10/h2-8H,1H3,(H2,17,20)(H,18,19)/b6-5+. The van der Waals surface area contributed by atoms with Crippen LogP contribution in [0.3, 0.4) is 0 Å². The van der Waals surface area contributed by atoms with Crippen LogP contribution in [0.15, 0.2) is 36.4 Å². The Hall–Kier alpha value is -2.47. The predicted octanol–water partition coefficient (Wildman–Crippen LogP) is 2.95. The van der Waals surface area contributed by atoms with Crippen LogP contribution in [0.25, 0.3) is 6.08 Å². The number of anilines is 1. The zero-order chi connectivity index (χ0) is 15.4. The summed E-state index contributed by atoms with van der Waals surface area (Å²) < 4.78 is 13.0. The maximum absolute atomic E-state index is 13.0. The van der Waals surface area contributed by atoms with E-state index in [0.717, 1.165) is 4.88 Å². The molecule has 0 saturated carbocycles. The quantitative estimate of drug-likeness (QED) is 0.852. The highest BCUT2D eigenvalue weighted by molar-refractivity contribution is 7.16. The van der Waals surface area contributed by atoms with E-state index in [2.05, 4.69) is 5.32 Å². The second kappa shape index (κ2) is 6.32. The Kier molecular flexibility index (Phi) is 4.49. The first kappa shape index (κ1) is 14.9. The number of halogens is 1. The molecular weight excluding hydrogens is 291 g/mol. The van der Waals surface area contributed by atoms with Gasteiger partial charge in [0.2, 0.25) is 5.91 Å². The van der Waals surface area contributed by atoms with Crippen molar-refractivity contribution in [3.8, 4) is 0 Å². The molecule has 6 heteroatoms. The fourth-order valence-electron chi connectivity index (χ4n) is 1.73. The van der Waals surface area contributed by atoms with Gasteiger partial charge in [0, 0.05) is 11.0 Å². The molecule has 1 aromatic heterocycles. The van der Waals surface area contributed by atoms with E-state index < -0.39 is 11.8 Å². The molecule has 0 aliphatic carbocycles. The van der Waals surface area contributed by atoms with Gasteiger partial charge in [-0.15, -0.1) is 11.3 Å². The molecule has 0 radical (unpaired) electrons. The fraction of sp³-hybridized carbons (Fsp3) is 0.0667. The number of carbonyl (C=O) groups is 2. The zero-order valence-electron chi connectivity index (χ0n) is 11.2. The van der Waals surface area contributed by atoms with E-state index in [9.17, 15) is 14.0 Å². The zero-order valence-corrected chi connectivity index (χ0v) is 12.0. The molecule has 0 aliphatic rings. The van der Waals surface area contributed by atoms with Gasteiger partial charge in [-0.05, 0) is 36.8 Å². The topological polar surface area (TPSA) is 72.2 Å². The summed E-state index contributed by atoms with van der Waals surface area (Å²) in [7, 11) is 0. The smallest absolute Gasteiger partial charge is 0.251 e. The van der Waals surface area contributed by atoms with Crippen LogP contribution < -0.4 is 11.1 Å². The highest BCUT2D eigenvalue weighted by Gasteiger charge is 2.13. The van der Waals surface area contributed by atoms with E-state index in [1.54, 1.807) is 18.2 Å². The first-order valence-electron chi connectivity index (χ1n) is 6.10. The van der Waals surface area contributed by atoms with E-state index in [0.29, 0.717) is 10.6 Å². The Morgan fingerprint density at radius 3 is 2.76 bits per heavy atom. The number of rotatable bonds is 4. The normalized spacial score (nSPS) is 10.8. The van der Waals surface area contributed by atoms with Crippen LogP contribution in [0.1, 0.15) is 20.8 Å². The third kappa shape index (κ3) is 4.00. The highest BCUT2D eigenvalue weighted by Crippen LogP contribution is 2.27. The Morgan fingerprint density at radius 1 is 1.33 bits per heavy atom. The van der Waals surface area contributed by atoms with Crippen LogP contribution in [0.4, 0.5) is 9.39 Å². The van der Waals surface area contributed by atoms with Crippen molar-refractivity contribution >= 4 is 34.2 Å². The molecule has 1 aromatic carbocycles. The molecule has 0 unspecified atom stereocenters. The van der Waals surface area contributed by atoms with Crippen LogP contribution in [-0.2, 0) is 4.79 Å². The first-order valence-corrected chi connectivity index (χ1v) is 6.92. The Bertz CT molecular complexity index is 722. The molecule has 0 aliphatic heterocycles. The van der Waals surface area contributed by atoms with Gasteiger partial charge >= 0.3 is 0 Å². The number of hydrogen-bond donors (Lipinski definition) is 2. The molecule has 1 heterocycles. The third-order valence-corrected chi connectivity index (χ3v) is 3.60. The number of nitrogens with two attached hydrogens (primary N) is 1. The van der Waals surface area contributed by atoms with Crippen molar-refractivity contribution in [1.82, 2.24) is 0 Å². The molecule has 0 atom stereocenters. The number of nitrogens with one attached hydrogen (secondary N) is 1. The summed E-state index contributed by atoms with van der Waals surface area (Å²) >= 11 is 1.27. The van der Waals surface area contributed by atoms with E-state index in [-0.39, 0.29) is 11.4 Å². The summed E-state index contributed by atoms with van der Waals surface area (Å²) in [6, 6.07) is 7.50. The lowest BCUT2D eigenvalue weighted by molar-refractivity contribution is -0.111. The van der Waals surface area contributed by atoms with Gasteiger partial charge in [-0.1, -0.05) is 12.1 Å². The van der Waals surface area contributed by atoms with Crippen LogP contribution >= 0.6 is 11.3 Å². The molecule has 4 nitrogen and oxygen atoms in total. The number of primary amides is 1. The lowest BCUT2D eigenvalue weighted by Crippen LogP contribution is -2.14. The number of carbonyl (C=O) groups excluding carboxylic acids is 2. The molecule has 3 N–H and O–H groups in total. The molecule has 0 spiro atoms. The van der Waals surface area contributed by atoms with Gasteiger partial charge in [0.25, 0.3) is 5.91 Å². The van der Waals surface area contributed by atoms with Crippen LogP contribution in [0, 0.1) is 12.7 Å². The second-order valence-corrected chi connectivity index (χ2v) is 5.60. The number of aryl methyl sites for hydroxylation is 1. The number of amides is 2. The summed E-state index contributed by atoms with van der Waals surface area (Å²) in [5.41, 5.74) is 6.10. The minimum Gasteiger partial charge on any atom is -0.366 e. The monoisotopic (exact) mass is 304 g/mol. The minimum absolute atomic E-state index is 0.282. The molecule has 2 rings (SSSR count). The van der Waals surface area contributed by atoms with Gasteiger partial charge in [-0.3, -0.25) is 9.59 Å². The van der Waals surface area contributed by atoms with E-state index in [1.807, 2.05) is 6.92 Å². The summed E-state index contributed by atoms with van der Waals surface area (Å²) in [5.74, 6) is -1.38. The summed E-state index contributed by atoms with van der Waals surface area (Å²) in [4.78, 5) is 23.9.